The van der Waals surface area contributed by atoms with Gasteiger partial charge in [0, 0.05) is 42.9 Å². The van der Waals surface area contributed by atoms with Gasteiger partial charge in [-0.15, -0.1) is 0 Å². The third-order valence-corrected chi connectivity index (χ3v) is 8.77. The third kappa shape index (κ3) is 5.14. The number of hydrogen-bond donors (Lipinski definition) is 2. The maximum Gasteiger partial charge on any atom is 0.306 e. The summed E-state index contributed by atoms with van der Waals surface area (Å²) >= 11 is 0. The SMILES string of the molecule is CCNC(=O)c1cc(-c2ccc(Cn3ccc4c(F)ccc(C(=O)CC5CC6(C5)CC(C(=O)O)C6)c43)cc2)ccn1. The summed E-state index contributed by atoms with van der Waals surface area (Å²) in [7, 11) is 0. The van der Waals surface area contributed by atoms with Crippen LogP contribution in [-0.4, -0.2) is 38.9 Å². The number of Topliss-reactive ketones (excluding diaryl/α,β-unsaturated/α-hetero) is 1. The molecular formula is C33H32FN3O4. The summed E-state index contributed by atoms with van der Waals surface area (Å²) in [5.74, 6) is -1.29. The van der Waals surface area contributed by atoms with E-state index < -0.39 is 5.97 Å². The van der Waals surface area contributed by atoms with Crippen molar-refractivity contribution in [1.29, 1.82) is 0 Å². The number of aromatic nitrogens is 2. The van der Waals surface area contributed by atoms with Crippen molar-refractivity contribution in [3.05, 3.63) is 89.6 Å². The molecular weight excluding hydrogens is 521 g/mol. The van der Waals surface area contributed by atoms with Crippen LogP contribution in [-0.2, 0) is 11.3 Å². The average Bonchev–Trinajstić information content (AvgIpc) is 3.34. The number of halogens is 1. The fraction of sp³-hybridized carbons (Fsp3) is 0.333. The second-order valence-corrected chi connectivity index (χ2v) is 11.6. The minimum absolute atomic E-state index is 0.000132. The number of aliphatic carboxylic acids is 1. The van der Waals surface area contributed by atoms with Gasteiger partial charge in [-0.3, -0.25) is 19.4 Å². The molecule has 0 atom stereocenters. The number of nitrogens with zero attached hydrogens (tertiary/aromatic N) is 2. The number of hydrogen-bond acceptors (Lipinski definition) is 4. The minimum Gasteiger partial charge on any atom is -0.481 e. The molecule has 2 N–H and O–H groups in total. The van der Waals surface area contributed by atoms with Gasteiger partial charge < -0.3 is 15.0 Å². The van der Waals surface area contributed by atoms with Crippen LogP contribution in [0.1, 0.15) is 65.4 Å². The van der Waals surface area contributed by atoms with Crippen LogP contribution in [0, 0.1) is 23.1 Å². The van der Waals surface area contributed by atoms with Crippen molar-refractivity contribution >= 4 is 28.6 Å². The molecule has 2 heterocycles. The first kappa shape index (κ1) is 26.9. The van der Waals surface area contributed by atoms with E-state index in [1.54, 1.807) is 24.4 Å². The molecule has 0 bridgehead atoms. The Bertz CT molecular complexity index is 1650. The maximum atomic E-state index is 14.8. The van der Waals surface area contributed by atoms with Crippen LogP contribution in [0.25, 0.3) is 22.0 Å². The monoisotopic (exact) mass is 553 g/mol. The summed E-state index contributed by atoms with van der Waals surface area (Å²) in [6, 6.07) is 16.2. The van der Waals surface area contributed by atoms with Gasteiger partial charge in [-0.05, 0) is 91.0 Å². The number of amides is 1. The lowest BCUT2D eigenvalue weighted by Gasteiger charge is -2.56. The Morgan fingerprint density at radius 2 is 1.78 bits per heavy atom. The highest BCUT2D eigenvalue weighted by Gasteiger charge is 2.54. The normalized spacial score (nSPS) is 21.3. The summed E-state index contributed by atoms with van der Waals surface area (Å²) in [5.41, 5.74) is 4.41. The lowest BCUT2D eigenvalue weighted by atomic mass is 9.47. The van der Waals surface area contributed by atoms with Crippen molar-refractivity contribution in [2.24, 2.45) is 17.3 Å². The number of carbonyl (C=O) groups excluding carboxylic acids is 2. The molecule has 7 nitrogen and oxygen atoms in total. The van der Waals surface area contributed by atoms with Gasteiger partial charge in [0.05, 0.1) is 11.4 Å². The molecule has 2 aromatic carbocycles. The second-order valence-electron chi connectivity index (χ2n) is 11.6. The van der Waals surface area contributed by atoms with Crippen molar-refractivity contribution < 1.29 is 23.9 Å². The van der Waals surface area contributed by atoms with E-state index in [0.717, 1.165) is 29.5 Å². The summed E-state index contributed by atoms with van der Waals surface area (Å²) in [5, 5.41) is 12.4. The summed E-state index contributed by atoms with van der Waals surface area (Å²) in [6.45, 7) is 2.86. The number of rotatable bonds is 9. The van der Waals surface area contributed by atoms with E-state index in [1.807, 2.05) is 48.0 Å². The number of carboxylic acids is 1. The van der Waals surface area contributed by atoms with E-state index in [9.17, 15) is 23.9 Å². The molecule has 41 heavy (non-hydrogen) atoms. The van der Waals surface area contributed by atoms with E-state index >= 15 is 0 Å². The number of nitrogens with one attached hydrogen (secondary N) is 1. The lowest BCUT2D eigenvalue weighted by molar-refractivity contribution is -0.157. The van der Waals surface area contributed by atoms with Crippen LogP contribution < -0.4 is 5.32 Å². The van der Waals surface area contributed by atoms with E-state index in [4.69, 9.17) is 0 Å². The van der Waals surface area contributed by atoms with Crippen LogP contribution in [0.3, 0.4) is 0 Å². The van der Waals surface area contributed by atoms with Gasteiger partial charge in [0.15, 0.2) is 5.78 Å². The molecule has 0 unspecified atom stereocenters. The van der Waals surface area contributed by atoms with Crippen LogP contribution in [0.4, 0.5) is 4.39 Å². The summed E-state index contributed by atoms with van der Waals surface area (Å²) in [6.07, 6.45) is 7.04. The second kappa shape index (κ2) is 10.6. The Labute approximate surface area is 237 Å². The Kier molecular flexibility index (Phi) is 6.93. The fourth-order valence-corrected chi connectivity index (χ4v) is 6.81. The third-order valence-electron chi connectivity index (χ3n) is 8.77. The van der Waals surface area contributed by atoms with E-state index in [0.29, 0.717) is 54.5 Å². The molecule has 8 heteroatoms. The Balaban J connectivity index is 1.18. The van der Waals surface area contributed by atoms with Crippen molar-refractivity contribution in [3.8, 4) is 11.1 Å². The number of carbonyl (C=O) groups is 3. The molecule has 2 aliphatic carbocycles. The smallest absolute Gasteiger partial charge is 0.306 e. The van der Waals surface area contributed by atoms with Gasteiger partial charge >= 0.3 is 5.97 Å². The van der Waals surface area contributed by atoms with Crippen LogP contribution in [0.5, 0.6) is 0 Å². The number of fused-ring (bicyclic) bond motifs is 1. The molecule has 1 spiro atoms. The van der Waals surface area contributed by atoms with E-state index in [-0.39, 0.29) is 34.8 Å². The number of ketones is 1. The van der Waals surface area contributed by atoms with Crippen molar-refractivity contribution in [1.82, 2.24) is 14.9 Å². The van der Waals surface area contributed by atoms with Crippen molar-refractivity contribution in [3.63, 3.8) is 0 Å². The summed E-state index contributed by atoms with van der Waals surface area (Å²) in [4.78, 5) is 40.9. The van der Waals surface area contributed by atoms with Gasteiger partial charge in [0.2, 0.25) is 0 Å². The zero-order valence-corrected chi connectivity index (χ0v) is 22.9. The lowest BCUT2D eigenvalue weighted by Crippen LogP contribution is -2.50. The molecule has 4 aromatic rings. The highest BCUT2D eigenvalue weighted by molar-refractivity contribution is 6.07. The predicted octanol–water partition coefficient (Wildman–Crippen LogP) is 6.10. The summed E-state index contributed by atoms with van der Waals surface area (Å²) < 4.78 is 16.7. The fourth-order valence-electron chi connectivity index (χ4n) is 6.81. The number of carboxylic acid groups (broad SMARTS) is 1. The molecule has 0 radical (unpaired) electrons. The Morgan fingerprint density at radius 3 is 2.49 bits per heavy atom. The Hall–Kier alpha value is -4.33. The number of benzene rings is 2. The standard InChI is InChI=1S/C33H32FN3O4/c1-2-35-31(39)28-14-23(9-11-36-28)22-5-3-20(4-6-22)19-37-12-10-25-27(34)8-7-26(30(25)37)29(38)13-21-15-33(16-21)17-24(18-33)32(40)41/h3-12,14,21,24H,2,13,15-19H2,1H3,(H,35,39)(H,40,41). The molecule has 0 aliphatic heterocycles. The zero-order valence-electron chi connectivity index (χ0n) is 22.9. The predicted molar refractivity (Wildman–Crippen MR) is 153 cm³/mol. The highest BCUT2D eigenvalue weighted by Crippen LogP contribution is 2.62. The molecule has 2 fully saturated rings. The van der Waals surface area contributed by atoms with Crippen LogP contribution >= 0.6 is 0 Å². The molecule has 2 aliphatic rings. The van der Waals surface area contributed by atoms with Gasteiger partial charge in [0.1, 0.15) is 11.5 Å². The van der Waals surface area contributed by atoms with Gasteiger partial charge in [-0.25, -0.2) is 4.39 Å². The topological polar surface area (TPSA) is 101 Å². The van der Waals surface area contributed by atoms with Crippen molar-refractivity contribution in [2.75, 3.05) is 6.54 Å². The minimum atomic E-state index is -0.720. The first-order valence-electron chi connectivity index (χ1n) is 14.1. The van der Waals surface area contributed by atoms with E-state index in [1.165, 1.54) is 6.07 Å². The Morgan fingerprint density at radius 1 is 1.02 bits per heavy atom. The van der Waals surface area contributed by atoms with Gasteiger partial charge in [-0.2, -0.15) is 0 Å². The van der Waals surface area contributed by atoms with Crippen LogP contribution in [0.2, 0.25) is 0 Å². The first-order valence-corrected chi connectivity index (χ1v) is 14.1. The molecule has 0 saturated heterocycles. The van der Waals surface area contributed by atoms with Crippen LogP contribution in [0.15, 0.2) is 67.0 Å². The molecule has 6 rings (SSSR count). The maximum absolute atomic E-state index is 14.8. The molecule has 210 valence electrons. The van der Waals surface area contributed by atoms with Gasteiger partial charge in [-0.1, -0.05) is 24.3 Å². The van der Waals surface area contributed by atoms with E-state index in [2.05, 4.69) is 10.3 Å². The average molecular weight is 554 g/mol. The molecule has 2 aromatic heterocycles. The quantitative estimate of drug-likeness (QED) is 0.244. The first-order chi connectivity index (χ1) is 19.7. The molecule has 1 amide bonds. The molecule has 2 saturated carbocycles. The zero-order chi connectivity index (χ0) is 28.7. The number of pyridine rings is 1. The van der Waals surface area contributed by atoms with Crippen molar-refractivity contribution in [2.45, 2.75) is 45.6 Å². The highest BCUT2D eigenvalue weighted by atomic mass is 19.1. The van der Waals surface area contributed by atoms with Gasteiger partial charge in [0.25, 0.3) is 5.91 Å². The largest absolute Gasteiger partial charge is 0.481 e.